The average molecular weight is 259 g/mol. The molecule has 13 heavy (non-hydrogen) atoms. The summed E-state index contributed by atoms with van der Waals surface area (Å²) in [4.78, 5) is 4.42. The molecule has 1 aromatic carbocycles. The highest BCUT2D eigenvalue weighted by molar-refractivity contribution is 9.10. The molecular formula is C9H5BrClNO. The molecule has 2 nitrogen and oxygen atoms in total. The number of halogens is 2. The van der Waals surface area contributed by atoms with Gasteiger partial charge >= 0.3 is 0 Å². The maximum atomic E-state index is 5.75. The smallest absolute Gasteiger partial charge is 0.264 e. The Morgan fingerprint density at radius 2 is 1.92 bits per heavy atom. The van der Waals surface area contributed by atoms with E-state index in [4.69, 9.17) is 16.0 Å². The zero-order chi connectivity index (χ0) is 9.26. The van der Waals surface area contributed by atoms with Gasteiger partial charge in [-0.3, -0.25) is 0 Å². The van der Waals surface area contributed by atoms with Crippen LogP contribution in [0.1, 0.15) is 0 Å². The van der Waals surface area contributed by atoms with Crippen LogP contribution in [0.2, 0.25) is 5.02 Å². The molecule has 0 spiro atoms. The van der Waals surface area contributed by atoms with Crippen LogP contribution in [0.3, 0.4) is 0 Å². The summed E-state index contributed by atoms with van der Waals surface area (Å²) in [5, 5.41) is 0.710. The topological polar surface area (TPSA) is 26.0 Å². The third-order valence-electron chi connectivity index (χ3n) is 1.61. The van der Waals surface area contributed by atoms with E-state index in [-0.39, 0.29) is 0 Å². The fraction of sp³-hybridized carbons (Fsp3) is 0. The second-order valence-electron chi connectivity index (χ2n) is 2.48. The number of rotatable bonds is 1. The van der Waals surface area contributed by atoms with Gasteiger partial charge in [-0.05, 0) is 24.3 Å². The van der Waals surface area contributed by atoms with E-state index < -0.39 is 0 Å². The fourth-order valence-corrected chi connectivity index (χ4v) is 1.40. The molecule has 0 saturated heterocycles. The zero-order valence-corrected chi connectivity index (χ0v) is 8.84. The second kappa shape index (κ2) is 3.52. The minimum Gasteiger partial charge on any atom is -0.431 e. The molecule has 0 aliphatic rings. The van der Waals surface area contributed by atoms with Gasteiger partial charge in [-0.1, -0.05) is 11.6 Å². The van der Waals surface area contributed by atoms with Crippen LogP contribution in [-0.4, -0.2) is 4.98 Å². The van der Waals surface area contributed by atoms with Crippen LogP contribution in [0.4, 0.5) is 0 Å². The van der Waals surface area contributed by atoms with Gasteiger partial charge in [0.25, 0.3) is 4.80 Å². The first-order chi connectivity index (χ1) is 6.25. The summed E-state index contributed by atoms with van der Waals surface area (Å²) >= 11 is 8.89. The normalized spacial score (nSPS) is 10.3. The molecule has 0 fully saturated rings. The predicted molar refractivity (Wildman–Crippen MR) is 54.6 cm³/mol. The molecule has 1 aromatic heterocycles. The Morgan fingerprint density at radius 3 is 2.46 bits per heavy atom. The van der Waals surface area contributed by atoms with Crippen LogP contribution >= 0.6 is 27.5 Å². The van der Waals surface area contributed by atoms with E-state index in [1.54, 1.807) is 6.20 Å². The molecule has 66 valence electrons. The van der Waals surface area contributed by atoms with Crippen molar-refractivity contribution in [2.24, 2.45) is 0 Å². The van der Waals surface area contributed by atoms with Gasteiger partial charge in [0.15, 0.2) is 5.76 Å². The number of benzene rings is 1. The van der Waals surface area contributed by atoms with E-state index in [9.17, 15) is 0 Å². The van der Waals surface area contributed by atoms with Gasteiger partial charge in [0.05, 0.1) is 6.20 Å². The number of aromatic nitrogens is 1. The van der Waals surface area contributed by atoms with Crippen LogP contribution in [0.15, 0.2) is 39.7 Å². The molecule has 1 heterocycles. The molecule has 0 atom stereocenters. The SMILES string of the molecule is Clc1ccc(-c2cnc(Br)o2)cc1. The summed E-state index contributed by atoms with van der Waals surface area (Å²) < 4.78 is 5.27. The third kappa shape index (κ3) is 1.92. The lowest BCUT2D eigenvalue weighted by atomic mass is 10.2. The fourth-order valence-electron chi connectivity index (χ4n) is 1.00. The summed E-state index contributed by atoms with van der Waals surface area (Å²) in [6, 6.07) is 7.39. The van der Waals surface area contributed by atoms with Crippen molar-refractivity contribution in [1.29, 1.82) is 0 Å². The van der Waals surface area contributed by atoms with Gasteiger partial charge in [0, 0.05) is 26.5 Å². The molecule has 0 unspecified atom stereocenters. The van der Waals surface area contributed by atoms with Crippen LogP contribution in [0.25, 0.3) is 11.3 Å². The number of nitrogens with zero attached hydrogens (tertiary/aromatic N) is 1. The molecule has 0 N–H and O–H groups in total. The minimum absolute atomic E-state index is 0.484. The Kier molecular flexibility index (Phi) is 2.38. The molecule has 4 heteroatoms. The van der Waals surface area contributed by atoms with Gasteiger partial charge in [-0.2, -0.15) is 0 Å². The Balaban J connectivity index is 2.41. The molecule has 0 radical (unpaired) electrons. The van der Waals surface area contributed by atoms with E-state index in [1.165, 1.54) is 0 Å². The Morgan fingerprint density at radius 1 is 1.23 bits per heavy atom. The van der Waals surface area contributed by atoms with Crippen LogP contribution < -0.4 is 0 Å². The molecule has 0 saturated carbocycles. The standard InChI is InChI=1S/C9H5BrClNO/c10-9-12-5-8(13-9)6-1-3-7(11)4-2-6/h1-5H. The molecule has 0 aliphatic carbocycles. The van der Waals surface area contributed by atoms with E-state index in [1.807, 2.05) is 24.3 Å². The van der Waals surface area contributed by atoms with E-state index >= 15 is 0 Å². The van der Waals surface area contributed by atoms with Crippen molar-refractivity contribution in [1.82, 2.24) is 4.98 Å². The zero-order valence-electron chi connectivity index (χ0n) is 6.50. The third-order valence-corrected chi connectivity index (χ3v) is 2.22. The molecule has 0 amide bonds. The van der Waals surface area contributed by atoms with E-state index in [0.29, 0.717) is 9.82 Å². The number of hydrogen-bond donors (Lipinski definition) is 0. The van der Waals surface area contributed by atoms with Crippen molar-refractivity contribution >= 4 is 27.5 Å². The number of hydrogen-bond acceptors (Lipinski definition) is 2. The molecule has 2 aromatic rings. The van der Waals surface area contributed by atoms with E-state index in [0.717, 1.165) is 11.3 Å². The summed E-state index contributed by atoms with van der Waals surface area (Å²) in [7, 11) is 0. The molecular weight excluding hydrogens is 253 g/mol. The Bertz CT molecular complexity index is 410. The first-order valence-electron chi connectivity index (χ1n) is 3.63. The van der Waals surface area contributed by atoms with Crippen LogP contribution in [-0.2, 0) is 0 Å². The number of oxazole rings is 1. The Labute approximate surface area is 88.7 Å². The predicted octanol–water partition coefficient (Wildman–Crippen LogP) is 3.76. The van der Waals surface area contributed by atoms with E-state index in [2.05, 4.69) is 20.9 Å². The minimum atomic E-state index is 0.484. The highest BCUT2D eigenvalue weighted by Crippen LogP contribution is 2.23. The maximum absolute atomic E-state index is 5.75. The molecule has 2 rings (SSSR count). The quantitative estimate of drug-likeness (QED) is 0.778. The summed E-state index contributed by atoms with van der Waals surface area (Å²) in [5.74, 6) is 0.726. The van der Waals surface area contributed by atoms with Gasteiger partial charge in [-0.25, -0.2) is 4.98 Å². The van der Waals surface area contributed by atoms with Gasteiger partial charge in [-0.15, -0.1) is 0 Å². The first kappa shape index (κ1) is 8.78. The van der Waals surface area contributed by atoms with Crippen LogP contribution in [0.5, 0.6) is 0 Å². The largest absolute Gasteiger partial charge is 0.431 e. The van der Waals surface area contributed by atoms with Crippen molar-refractivity contribution in [3.63, 3.8) is 0 Å². The van der Waals surface area contributed by atoms with Crippen molar-refractivity contribution in [3.05, 3.63) is 40.3 Å². The monoisotopic (exact) mass is 257 g/mol. The van der Waals surface area contributed by atoms with Gasteiger partial charge in [0.2, 0.25) is 0 Å². The molecule has 0 aliphatic heterocycles. The van der Waals surface area contributed by atoms with Gasteiger partial charge in [0.1, 0.15) is 0 Å². The lowest BCUT2D eigenvalue weighted by molar-refractivity contribution is 0.542. The first-order valence-corrected chi connectivity index (χ1v) is 4.80. The molecule has 0 bridgehead atoms. The highest BCUT2D eigenvalue weighted by Gasteiger charge is 2.03. The lowest BCUT2D eigenvalue weighted by Crippen LogP contribution is -1.71. The van der Waals surface area contributed by atoms with Crippen molar-refractivity contribution in [2.75, 3.05) is 0 Å². The van der Waals surface area contributed by atoms with Crippen molar-refractivity contribution < 1.29 is 4.42 Å². The van der Waals surface area contributed by atoms with Crippen molar-refractivity contribution in [2.45, 2.75) is 0 Å². The van der Waals surface area contributed by atoms with Crippen molar-refractivity contribution in [3.8, 4) is 11.3 Å². The van der Waals surface area contributed by atoms with Crippen LogP contribution in [0, 0.1) is 0 Å². The summed E-state index contributed by atoms with van der Waals surface area (Å²) in [5.41, 5.74) is 0.961. The highest BCUT2D eigenvalue weighted by atomic mass is 79.9. The average Bonchev–Trinajstić information content (AvgIpc) is 2.53. The summed E-state index contributed by atoms with van der Waals surface area (Å²) in [6.45, 7) is 0. The lowest BCUT2D eigenvalue weighted by Gasteiger charge is -1.94. The van der Waals surface area contributed by atoms with Gasteiger partial charge < -0.3 is 4.42 Å². The Hall–Kier alpha value is -0.800. The second-order valence-corrected chi connectivity index (χ2v) is 3.60. The summed E-state index contributed by atoms with van der Waals surface area (Å²) in [6.07, 6.45) is 1.66. The maximum Gasteiger partial charge on any atom is 0.264 e.